The highest BCUT2D eigenvalue weighted by Gasteiger charge is 2.16. The van der Waals surface area contributed by atoms with Crippen molar-refractivity contribution in [2.75, 3.05) is 11.9 Å². The van der Waals surface area contributed by atoms with Gasteiger partial charge in [-0.1, -0.05) is 18.2 Å². The van der Waals surface area contributed by atoms with Crippen LogP contribution in [0.25, 0.3) is 0 Å². The van der Waals surface area contributed by atoms with Crippen molar-refractivity contribution in [2.24, 2.45) is 0 Å². The minimum atomic E-state index is -0.0547. The fraction of sp³-hybridized carbons (Fsp3) is 0.316. The molecule has 1 aliphatic rings. The number of fused-ring (bicyclic) bond motifs is 1. The van der Waals surface area contributed by atoms with Crippen LogP contribution in [0.3, 0.4) is 0 Å². The summed E-state index contributed by atoms with van der Waals surface area (Å²) >= 11 is 0. The summed E-state index contributed by atoms with van der Waals surface area (Å²) in [6.07, 6.45) is 4.73. The molecule has 6 heteroatoms. The number of amides is 2. The van der Waals surface area contributed by atoms with Crippen LogP contribution in [0.1, 0.15) is 36.1 Å². The molecule has 130 valence electrons. The summed E-state index contributed by atoms with van der Waals surface area (Å²) in [6, 6.07) is 9.83. The van der Waals surface area contributed by atoms with E-state index < -0.39 is 0 Å². The van der Waals surface area contributed by atoms with Crippen molar-refractivity contribution in [2.45, 2.75) is 32.4 Å². The van der Waals surface area contributed by atoms with Gasteiger partial charge in [-0.2, -0.15) is 0 Å². The van der Waals surface area contributed by atoms with Crippen LogP contribution in [0.5, 0.6) is 0 Å². The van der Waals surface area contributed by atoms with Crippen molar-refractivity contribution < 1.29 is 9.59 Å². The fourth-order valence-corrected chi connectivity index (χ4v) is 2.80. The van der Waals surface area contributed by atoms with Crippen LogP contribution in [0, 0.1) is 0 Å². The van der Waals surface area contributed by atoms with Crippen molar-refractivity contribution in [1.29, 1.82) is 0 Å². The van der Waals surface area contributed by atoms with Crippen LogP contribution in [-0.2, 0) is 22.6 Å². The molecule has 0 bridgehead atoms. The first-order valence-electron chi connectivity index (χ1n) is 8.43. The maximum atomic E-state index is 12.0. The number of anilines is 1. The van der Waals surface area contributed by atoms with Gasteiger partial charge in [-0.25, -0.2) is 0 Å². The third-order valence-corrected chi connectivity index (χ3v) is 4.31. The number of hydrogen-bond donors (Lipinski definition) is 3. The summed E-state index contributed by atoms with van der Waals surface area (Å²) in [6.45, 7) is 2.74. The lowest BCUT2D eigenvalue weighted by molar-refractivity contribution is -0.120. The average molecular weight is 338 g/mol. The Morgan fingerprint density at radius 3 is 3.00 bits per heavy atom. The topological polar surface area (TPSA) is 83.1 Å². The van der Waals surface area contributed by atoms with Gasteiger partial charge in [0.05, 0.1) is 6.54 Å². The second kappa shape index (κ2) is 7.90. The van der Waals surface area contributed by atoms with Crippen molar-refractivity contribution >= 4 is 17.5 Å². The monoisotopic (exact) mass is 338 g/mol. The van der Waals surface area contributed by atoms with Crippen LogP contribution < -0.4 is 16.0 Å². The van der Waals surface area contributed by atoms with E-state index >= 15 is 0 Å². The smallest absolute Gasteiger partial charge is 0.234 e. The van der Waals surface area contributed by atoms with Gasteiger partial charge in [0.2, 0.25) is 11.8 Å². The highest BCUT2D eigenvalue weighted by atomic mass is 16.2. The van der Waals surface area contributed by atoms with E-state index in [1.54, 1.807) is 12.4 Å². The van der Waals surface area contributed by atoms with Gasteiger partial charge in [-0.3, -0.25) is 14.6 Å². The van der Waals surface area contributed by atoms with Gasteiger partial charge in [-0.05, 0) is 42.2 Å². The van der Waals surface area contributed by atoms with Gasteiger partial charge < -0.3 is 16.0 Å². The zero-order valence-corrected chi connectivity index (χ0v) is 14.2. The van der Waals surface area contributed by atoms with Crippen molar-refractivity contribution in [1.82, 2.24) is 15.6 Å². The molecule has 1 atom stereocenters. The number of pyridine rings is 1. The number of aromatic nitrogens is 1. The minimum absolute atomic E-state index is 0.0482. The molecule has 2 heterocycles. The van der Waals surface area contributed by atoms with Gasteiger partial charge in [0.1, 0.15) is 0 Å². The van der Waals surface area contributed by atoms with Crippen LogP contribution in [0.4, 0.5) is 5.69 Å². The van der Waals surface area contributed by atoms with Gasteiger partial charge >= 0.3 is 0 Å². The molecule has 2 amide bonds. The standard InChI is InChI=1S/C19H22N4O2/c1-13(15-4-6-17-16(9-15)5-7-18(24)23-17)21-12-19(25)22-11-14-3-2-8-20-10-14/h2-4,6,8-10,13,21H,5,7,11-12H2,1H3,(H,22,25)(H,23,24)/t13-/m0/s1. The Morgan fingerprint density at radius 1 is 1.32 bits per heavy atom. The maximum absolute atomic E-state index is 12.0. The molecule has 0 saturated carbocycles. The summed E-state index contributed by atoms with van der Waals surface area (Å²) in [5, 5.41) is 8.99. The predicted octanol–water partition coefficient (Wildman–Crippen LogP) is 1.93. The van der Waals surface area contributed by atoms with E-state index in [2.05, 4.69) is 27.0 Å². The molecule has 6 nitrogen and oxygen atoms in total. The largest absolute Gasteiger partial charge is 0.351 e. The summed E-state index contributed by atoms with van der Waals surface area (Å²) in [4.78, 5) is 27.4. The Balaban J connectivity index is 1.49. The summed E-state index contributed by atoms with van der Waals surface area (Å²) < 4.78 is 0. The van der Waals surface area contributed by atoms with E-state index in [4.69, 9.17) is 0 Å². The normalized spacial score (nSPS) is 14.4. The average Bonchev–Trinajstić information content (AvgIpc) is 2.64. The summed E-state index contributed by atoms with van der Waals surface area (Å²) in [7, 11) is 0. The number of carbonyl (C=O) groups excluding carboxylic acids is 2. The molecule has 3 rings (SSSR count). The Morgan fingerprint density at radius 2 is 2.20 bits per heavy atom. The number of rotatable bonds is 6. The van der Waals surface area contributed by atoms with E-state index in [0.29, 0.717) is 13.0 Å². The quantitative estimate of drug-likeness (QED) is 0.752. The van der Waals surface area contributed by atoms with Gasteiger partial charge in [0.15, 0.2) is 0 Å². The Hall–Kier alpha value is -2.73. The number of aryl methyl sites for hydroxylation is 1. The van der Waals surface area contributed by atoms with Gasteiger partial charge in [-0.15, -0.1) is 0 Å². The second-order valence-corrected chi connectivity index (χ2v) is 6.21. The minimum Gasteiger partial charge on any atom is -0.351 e. The molecule has 1 aliphatic heterocycles. The van der Waals surface area contributed by atoms with Crippen LogP contribution >= 0.6 is 0 Å². The van der Waals surface area contributed by atoms with Crippen LogP contribution in [-0.4, -0.2) is 23.3 Å². The Labute approximate surface area is 147 Å². The molecule has 25 heavy (non-hydrogen) atoms. The molecule has 1 aromatic heterocycles. The molecule has 2 aromatic rings. The first-order chi connectivity index (χ1) is 12.1. The van der Waals surface area contributed by atoms with Crippen LogP contribution in [0.2, 0.25) is 0 Å². The zero-order chi connectivity index (χ0) is 17.6. The lowest BCUT2D eigenvalue weighted by atomic mass is 9.98. The predicted molar refractivity (Wildman–Crippen MR) is 95.9 cm³/mol. The fourth-order valence-electron chi connectivity index (χ4n) is 2.80. The Kier molecular flexibility index (Phi) is 5.40. The second-order valence-electron chi connectivity index (χ2n) is 6.21. The number of nitrogens with one attached hydrogen (secondary N) is 3. The molecule has 0 saturated heterocycles. The molecule has 0 aliphatic carbocycles. The summed E-state index contributed by atoms with van der Waals surface area (Å²) in [5.41, 5.74) is 4.11. The van der Waals surface area contributed by atoms with E-state index in [1.165, 1.54) is 0 Å². The number of benzene rings is 1. The van der Waals surface area contributed by atoms with E-state index in [9.17, 15) is 9.59 Å². The van der Waals surface area contributed by atoms with Gasteiger partial charge in [0.25, 0.3) is 0 Å². The molecule has 1 aromatic carbocycles. The van der Waals surface area contributed by atoms with Crippen molar-refractivity contribution in [3.05, 3.63) is 59.4 Å². The molecular weight excluding hydrogens is 316 g/mol. The van der Waals surface area contributed by atoms with E-state index in [0.717, 1.165) is 28.8 Å². The third kappa shape index (κ3) is 4.64. The van der Waals surface area contributed by atoms with Crippen LogP contribution in [0.15, 0.2) is 42.7 Å². The highest BCUT2D eigenvalue weighted by molar-refractivity contribution is 5.93. The zero-order valence-electron chi connectivity index (χ0n) is 14.2. The lowest BCUT2D eigenvalue weighted by Crippen LogP contribution is -2.34. The molecule has 0 spiro atoms. The van der Waals surface area contributed by atoms with E-state index in [1.807, 2.05) is 31.2 Å². The number of hydrogen-bond acceptors (Lipinski definition) is 4. The van der Waals surface area contributed by atoms with E-state index in [-0.39, 0.29) is 24.4 Å². The van der Waals surface area contributed by atoms with Crippen molar-refractivity contribution in [3.8, 4) is 0 Å². The Bertz CT molecular complexity index is 761. The number of nitrogens with zero attached hydrogens (tertiary/aromatic N) is 1. The highest BCUT2D eigenvalue weighted by Crippen LogP contribution is 2.25. The van der Waals surface area contributed by atoms with Crippen molar-refractivity contribution in [3.63, 3.8) is 0 Å². The van der Waals surface area contributed by atoms with Gasteiger partial charge in [0, 0.05) is 37.1 Å². The molecule has 0 fully saturated rings. The number of carbonyl (C=O) groups is 2. The first-order valence-corrected chi connectivity index (χ1v) is 8.43. The molecular formula is C19H22N4O2. The SMILES string of the molecule is C[C@H](NCC(=O)NCc1cccnc1)c1ccc2c(c1)CCC(=O)N2. The molecule has 3 N–H and O–H groups in total. The maximum Gasteiger partial charge on any atom is 0.234 e. The summed E-state index contributed by atoms with van der Waals surface area (Å²) in [5.74, 6) is 0.0117. The lowest BCUT2D eigenvalue weighted by Gasteiger charge is -2.20. The molecule has 0 radical (unpaired) electrons. The third-order valence-electron chi connectivity index (χ3n) is 4.31. The molecule has 0 unspecified atom stereocenters. The first kappa shape index (κ1) is 17.1.